The minimum atomic E-state index is 0.0968. The van der Waals surface area contributed by atoms with Gasteiger partial charge in [0.05, 0.1) is 19.0 Å². The number of methoxy groups -OCH3 is 2. The third-order valence-electron chi connectivity index (χ3n) is 3.61. The van der Waals surface area contributed by atoms with E-state index in [-0.39, 0.29) is 4.83 Å². The summed E-state index contributed by atoms with van der Waals surface area (Å²) in [6.45, 7) is 4.40. The van der Waals surface area contributed by atoms with Crippen LogP contribution in [0.2, 0.25) is 0 Å². The highest BCUT2D eigenvalue weighted by Crippen LogP contribution is 2.38. The molecular weight excluding hydrogens is 328 g/mol. The zero-order valence-corrected chi connectivity index (χ0v) is 14.5. The van der Waals surface area contributed by atoms with Crippen molar-refractivity contribution in [3.05, 3.63) is 59.2 Å². The first-order valence-corrected chi connectivity index (χ1v) is 7.94. The van der Waals surface area contributed by atoms with Crippen LogP contribution < -0.4 is 9.47 Å². The number of rotatable bonds is 5. The van der Waals surface area contributed by atoms with Crippen LogP contribution in [0.15, 0.2) is 42.5 Å². The SMILES string of the molecule is COc1ccc(C(Br)c2ccc(C(C)C)cc2)c(OC)c1. The molecule has 2 nitrogen and oxygen atoms in total. The molecule has 2 aromatic rings. The molecule has 0 N–H and O–H groups in total. The first-order valence-electron chi connectivity index (χ1n) is 7.02. The summed E-state index contributed by atoms with van der Waals surface area (Å²) in [4.78, 5) is 0.0968. The quantitative estimate of drug-likeness (QED) is 0.681. The average molecular weight is 349 g/mol. The van der Waals surface area contributed by atoms with Crippen LogP contribution in [-0.4, -0.2) is 14.2 Å². The van der Waals surface area contributed by atoms with Crippen LogP contribution in [0, 0.1) is 0 Å². The van der Waals surface area contributed by atoms with E-state index in [2.05, 4.69) is 54.0 Å². The maximum absolute atomic E-state index is 5.48. The fourth-order valence-corrected chi connectivity index (χ4v) is 2.94. The fraction of sp³-hybridized carbons (Fsp3) is 0.333. The molecule has 1 atom stereocenters. The number of alkyl halides is 1. The molecule has 3 heteroatoms. The van der Waals surface area contributed by atoms with Gasteiger partial charge in [-0.3, -0.25) is 0 Å². The highest BCUT2D eigenvalue weighted by atomic mass is 79.9. The summed E-state index contributed by atoms with van der Waals surface area (Å²) in [5.41, 5.74) is 3.65. The molecule has 0 radical (unpaired) electrons. The first-order chi connectivity index (χ1) is 10.1. The molecule has 0 fully saturated rings. The van der Waals surface area contributed by atoms with Crippen LogP contribution in [0.25, 0.3) is 0 Å². The summed E-state index contributed by atoms with van der Waals surface area (Å²) >= 11 is 3.77. The van der Waals surface area contributed by atoms with Crippen LogP contribution in [0.1, 0.15) is 41.3 Å². The van der Waals surface area contributed by atoms with Crippen molar-refractivity contribution in [2.45, 2.75) is 24.6 Å². The van der Waals surface area contributed by atoms with E-state index < -0.39 is 0 Å². The Balaban J connectivity index is 2.32. The topological polar surface area (TPSA) is 18.5 Å². The normalized spacial score (nSPS) is 12.3. The van der Waals surface area contributed by atoms with Gasteiger partial charge in [0.25, 0.3) is 0 Å². The van der Waals surface area contributed by atoms with Gasteiger partial charge in [0.1, 0.15) is 11.5 Å². The van der Waals surface area contributed by atoms with Gasteiger partial charge < -0.3 is 9.47 Å². The minimum absolute atomic E-state index is 0.0968. The number of ether oxygens (including phenoxy) is 2. The molecule has 0 aromatic heterocycles. The Bertz CT molecular complexity index is 591. The summed E-state index contributed by atoms with van der Waals surface area (Å²) in [5.74, 6) is 2.16. The van der Waals surface area contributed by atoms with Crippen molar-refractivity contribution < 1.29 is 9.47 Å². The van der Waals surface area contributed by atoms with Crippen molar-refractivity contribution in [1.29, 1.82) is 0 Å². The van der Waals surface area contributed by atoms with Crippen LogP contribution in [-0.2, 0) is 0 Å². The van der Waals surface area contributed by atoms with Crippen molar-refractivity contribution in [3.63, 3.8) is 0 Å². The molecule has 0 saturated carbocycles. The lowest BCUT2D eigenvalue weighted by atomic mass is 9.98. The van der Waals surface area contributed by atoms with E-state index in [1.807, 2.05) is 18.2 Å². The van der Waals surface area contributed by atoms with Gasteiger partial charge in [0.2, 0.25) is 0 Å². The maximum Gasteiger partial charge on any atom is 0.127 e. The predicted octanol–water partition coefficient (Wildman–Crippen LogP) is 5.31. The highest BCUT2D eigenvalue weighted by Gasteiger charge is 2.16. The molecule has 0 spiro atoms. The Morgan fingerprint density at radius 3 is 2.00 bits per heavy atom. The zero-order chi connectivity index (χ0) is 15.4. The van der Waals surface area contributed by atoms with Gasteiger partial charge in [-0.2, -0.15) is 0 Å². The van der Waals surface area contributed by atoms with Gasteiger partial charge in [-0.15, -0.1) is 0 Å². The smallest absolute Gasteiger partial charge is 0.127 e. The number of hydrogen-bond acceptors (Lipinski definition) is 2. The molecule has 0 aliphatic heterocycles. The standard InChI is InChI=1S/C18H21BrO2/c1-12(2)13-5-7-14(8-6-13)18(19)16-10-9-15(20-3)11-17(16)21-4/h5-12,18H,1-4H3. The number of halogens is 1. The number of benzene rings is 2. The molecule has 0 aliphatic rings. The Kier molecular flexibility index (Phi) is 5.29. The second-order valence-corrected chi connectivity index (χ2v) is 6.21. The van der Waals surface area contributed by atoms with Gasteiger partial charge in [0, 0.05) is 11.6 Å². The van der Waals surface area contributed by atoms with Gasteiger partial charge in [0.15, 0.2) is 0 Å². The molecule has 0 heterocycles. The van der Waals surface area contributed by atoms with E-state index in [1.165, 1.54) is 11.1 Å². The summed E-state index contributed by atoms with van der Waals surface area (Å²) < 4.78 is 10.7. The second kappa shape index (κ2) is 6.99. The second-order valence-electron chi connectivity index (χ2n) is 5.29. The third-order valence-corrected chi connectivity index (χ3v) is 4.63. The predicted molar refractivity (Wildman–Crippen MR) is 90.8 cm³/mol. The van der Waals surface area contributed by atoms with E-state index in [4.69, 9.17) is 9.47 Å². The molecule has 1 unspecified atom stereocenters. The van der Waals surface area contributed by atoms with Gasteiger partial charge >= 0.3 is 0 Å². The fourth-order valence-electron chi connectivity index (χ4n) is 2.26. The zero-order valence-electron chi connectivity index (χ0n) is 12.9. The monoisotopic (exact) mass is 348 g/mol. The van der Waals surface area contributed by atoms with Crippen LogP contribution >= 0.6 is 15.9 Å². The van der Waals surface area contributed by atoms with Crippen molar-refractivity contribution >= 4 is 15.9 Å². The Morgan fingerprint density at radius 1 is 0.857 bits per heavy atom. The highest BCUT2D eigenvalue weighted by molar-refractivity contribution is 9.09. The summed E-state index contributed by atoms with van der Waals surface area (Å²) in [7, 11) is 3.34. The van der Waals surface area contributed by atoms with E-state index in [1.54, 1.807) is 14.2 Å². The van der Waals surface area contributed by atoms with Gasteiger partial charge in [-0.25, -0.2) is 0 Å². The molecule has 2 rings (SSSR count). The maximum atomic E-state index is 5.48. The minimum Gasteiger partial charge on any atom is -0.497 e. The lowest BCUT2D eigenvalue weighted by Gasteiger charge is -2.16. The molecule has 0 aliphatic carbocycles. The molecule has 2 aromatic carbocycles. The van der Waals surface area contributed by atoms with Crippen LogP contribution in [0.4, 0.5) is 0 Å². The van der Waals surface area contributed by atoms with E-state index in [9.17, 15) is 0 Å². The lowest BCUT2D eigenvalue weighted by molar-refractivity contribution is 0.391. The van der Waals surface area contributed by atoms with Gasteiger partial charge in [-0.05, 0) is 23.1 Å². The molecule has 0 bridgehead atoms. The first kappa shape index (κ1) is 15.9. The Labute approximate surface area is 135 Å². The van der Waals surface area contributed by atoms with Crippen LogP contribution in [0.3, 0.4) is 0 Å². The lowest BCUT2D eigenvalue weighted by Crippen LogP contribution is -1.98. The average Bonchev–Trinajstić information content (AvgIpc) is 2.53. The van der Waals surface area contributed by atoms with Crippen molar-refractivity contribution in [2.24, 2.45) is 0 Å². The molecular formula is C18H21BrO2. The molecule has 0 amide bonds. The van der Waals surface area contributed by atoms with Crippen molar-refractivity contribution in [3.8, 4) is 11.5 Å². The van der Waals surface area contributed by atoms with E-state index in [0.717, 1.165) is 17.1 Å². The third kappa shape index (κ3) is 3.59. The Morgan fingerprint density at radius 2 is 1.48 bits per heavy atom. The largest absolute Gasteiger partial charge is 0.497 e. The van der Waals surface area contributed by atoms with E-state index in [0.29, 0.717) is 5.92 Å². The Hall–Kier alpha value is -1.48. The molecule has 21 heavy (non-hydrogen) atoms. The van der Waals surface area contributed by atoms with Crippen LogP contribution in [0.5, 0.6) is 11.5 Å². The summed E-state index contributed by atoms with van der Waals surface area (Å²) in [6.07, 6.45) is 0. The summed E-state index contributed by atoms with van der Waals surface area (Å²) in [5, 5.41) is 0. The molecule has 112 valence electrons. The van der Waals surface area contributed by atoms with Crippen molar-refractivity contribution in [2.75, 3.05) is 14.2 Å². The van der Waals surface area contributed by atoms with E-state index >= 15 is 0 Å². The summed E-state index contributed by atoms with van der Waals surface area (Å²) in [6, 6.07) is 14.6. The van der Waals surface area contributed by atoms with Gasteiger partial charge in [-0.1, -0.05) is 60.1 Å². The number of hydrogen-bond donors (Lipinski definition) is 0. The molecule has 0 saturated heterocycles. The van der Waals surface area contributed by atoms with Crippen molar-refractivity contribution in [1.82, 2.24) is 0 Å².